The maximum Gasteiger partial charge on any atom is 0.416 e. The molecule has 3 amide bonds. The van der Waals surface area contributed by atoms with Gasteiger partial charge >= 0.3 is 12.4 Å². The molecule has 5 nitrogen and oxygen atoms in total. The van der Waals surface area contributed by atoms with E-state index >= 15 is 0 Å². The van der Waals surface area contributed by atoms with Gasteiger partial charge in [-0.2, -0.15) is 26.3 Å². The minimum absolute atomic E-state index is 0.0366. The van der Waals surface area contributed by atoms with Gasteiger partial charge in [0.1, 0.15) is 0 Å². The molecule has 2 fully saturated rings. The molecular formula is C24H20F6N2O3. The summed E-state index contributed by atoms with van der Waals surface area (Å²) in [6, 6.07) is 9.40. The Hall–Kier alpha value is -3.37. The SMILES string of the molecule is CN1C(=O)C(c2ccccc2)C2(CCN(C(=O)c3cc(C(F)(F)F)cc(C(F)(F)F)c3)CC2)C1=O. The zero-order chi connectivity index (χ0) is 25.8. The average molecular weight is 498 g/mol. The highest BCUT2D eigenvalue weighted by molar-refractivity contribution is 6.10. The summed E-state index contributed by atoms with van der Waals surface area (Å²) in [5.74, 6) is -2.60. The summed E-state index contributed by atoms with van der Waals surface area (Å²) in [5.41, 5.74) is -4.41. The second kappa shape index (κ2) is 8.39. The van der Waals surface area contributed by atoms with Crippen molar-refractivity contribution in [2.24, 2.45) is 5.41 Å². The van der Waals surface area contributed by atoms with Crippen LogP contribution in [0.25, 0.3) is 0 Å². The van der Waals surface area contributed by atoms with Gasteiger partial charge in [-0.05, 0) is 36.6 Å². The van der Waals surface area contributed by atoms with Crippen molar-refractivity contribution < 1.29 is 40.7 Å². The number of halogens is 6. The van der Waals surface area contributed by atoms with E-state index < -0.39 is 58.1 Å². The first-order chi connectivity index (χ1) is 16.3. The predicted octanol–water partition coefficient (Wildman–Crippen LogP) is 4.73. The number of hydrogen-bond donors (Lipinski definition) is 0. The summed E-state index contributed by atoms with van der Waals surface area (Å²) >= 11 is 0. The van der Waals surface area contributed by atoms with Crippen molar-refractivity contribution in [3.63, 3.8) is 0 Å². The molecule has 4 rings (SSSR count). The molecule has 0 saturated carbocycles. The minimum Gasteiger partial charge on any atom is -0.339 e. The topological polar surface area (TPSA) is 57.7 Å². The van der Waals surface area contributed by atoms with Crippen LogP contribution in [0.15, 0.2) is 48.5 Å². The van der Waals surface area contributed by atoms with Gasteiger partial charge in [0.05, 0.1) is 22.5 Å². The van der Waals surface area contributed by atoms with Crippen LogP contribution in [0, 0.1) is 5.41 Å². The molecule has 0 radical (unpaired) electrons. The molecule has 0 N–H and O–H groups in total. The number of rotatable bonds is 2. The third kappa shape index (κ3) is 4.28. The van der Waals surface area contributed by atoms with Gasteiger partial charge in [-0.1, -0.05) is 30.3 Å². The van der Waals surface area contributed by atoms with E-state index in [0.29, 0.717) is 17.7 Å². The minimum atomic E-state index is -5.08. The zero-order valence-corrected chi connectivity index (χ0v) is 18.4. The number of nitrogens with zero attached hydrogens (tertiary/aromatic N) is 2. The first-order valence-electron chi connectivity index (χ1n) is 10.7. The van der Waals surface area contributed by atoms with Crippen LogP contribution >= 0.6 is 0 Å². The van der Waals surface area contributed by atoms with Gasteiger partial charge in [-0.15, -0.1) is 0 Å². The Morgan fingerprint density at radius 1 is 0.886 bits per heavy atom. The normalized spacial score (nSPS) is 20.6. The predicted molar refractivity (Wildman–Crippen MR) is 111 cm³/mol. The molecule has 1 atom stereocenters. The van der Waals surface area contributed by atoms with E-state index in [-0.39, 0.29) is 32.0 Å². The average Bonchev–Trinajstić information content (AvgIpc) is 2.99. The number of likely N-dealkylation sites (tertiary alicyclic amines) is 2. The molecule has 0 bridgehead atoms. The molecule has 0 aliphatic carbocycles. The molecule has 1 unspecified atom stereocenters. The molecule has 2 aromatic carbocycles. The van der Waals surface area contributed by atoms with Crippen LogP contribution in [0.2, 0.25) is 0 Å². The highest BCUT2D eigenvalue weighted by Gasteiger charge is 2.59. The standard InChI is InChI=1S/C24H20F6N2O3/c1-31-20(34)18(14-5-3-2-4-6-14)22(21(31)35)7-9-32(10-8-22)19(33)15-11-16(23(25,26)27)13-17(12-15)24(28,29)30/h2-6,11-13,18H,7-10H2,1H3. The van der Waals surface area contributed by atoms with E-state index in [4.69, 9.17) is 0 Å². The summed E-state index contributed by atoms with van der Waals surface area (Å²) in [4.78, 5) is 41.1. The lowest BCUT2D eigenvalue weighted by Gasteiger charge is -2.40. The fourth-order valence-corrected chi connectivity index (χ4v) is 4.97. The summed E-state index contributed by atoms with van der Waals surface area (Å²) in [6.07, 6.45) is -10.1. The molecule has 186 valence electrons. The fourth-order valence-electron chi connectivity index (χ4n) is 4.97. The number of hydrogen-bond acceptors (Lipinski definition) is 3. The summed E-state index contributed by atoms with van der Waals surface area (Å²) in [7, 11) is 1.37. The van der Waals surface area contributed by atoms with Crippen LogP contribution in [0.4, 0.5) is 26.3 Å². The van der Waals surface area contributed by atoms with Crippen molar-refractivity contribution >= 4 is 17.7 Å². The first kappa shape index (κ1) is 24.7. The van der Waals surface area contributed by atoms with Gasteiger partial charge in [0.25, 0.3) is 5.91 Å². The summed E-state index contributed by atoms with van der Waals surface area (Å²) in [6.45, 7) is -0.209. The second-order valence-electron chi connectivity index (χ2n) is 8.79. The Morgan fingerprint density at radius 3 is 1.89 bits per heavy atom. The van der Waals surface area contributed by atoms with Crippen molar-refractivity contribution in [3.05, 3.63) is 70.8 Å². The van der Waals surface area contributed by atoms with Gasteiger partial charge < -0.3 is 4.90 Å². The molecule has 11 heteroatoms. The quantitative estimate of drug-likeness (QED) is 0.445. The fraction of sp³-hybridized carbons (Fsp3) is 0.375. The molecule has 2 aliphatic rings. The number of alkyl halides is 6. The Balaban J connectivity index is 1.63. The lowest BCUT2D eigenvalue weighted by atomic mass is 9.67. The van der Waals surface area contributed by atoms with E-state index in [9.17, 15) is 40.7 Å². The van der Waals surface area contributed by atoms with Gasteiger partial charge in [0.2, 0.25) is 11.8 Å². The molecule has 2 aliphatic heterocycles. The number of likely N-dealkylation sites (N-methyl/N-ethyl adjacent to an activating group) is 1. The highest BCUT2D eigenvalue weighted by Crippen LogP contribution is 2.51. The maximum absolute atomic E-state index is 13.2. The number of carbonyl (C=O) groups is 3. The van der Waals surface area contributed by atoms with Crippen LogP contribution in [-0.4, -0.2) is 47.7 Å². The molecule has 2 saturated heterocycles. The Labute approximate surface area is 196 Å². The molecule has 2 heterocycles. The van der Waals surface area contributed by atoms with Gasteiger partial charge in [0, 0.05) is 25.7 Å². The first-order valence-corrected chi connectivity index (χ1v) is 10.7. The number of imide groups is 1. The van der Waals surface area contributed by atoms with Crippen LogP contribution < -0.4 is 0 Å². The third-order valence-corrected chi connectivity index (χ3v) is 6.77. The van der Waals surface area contributed by atoms with E-state index in [1.54, 1.807) is 30.3 Å². The van der Waals surface area contributed by atoms with Crippen molar-refractivity contribution in [2.45, 2.75) is 31.1 Å². The van der Waals surface area contributed by atoms with E-state index in [2.05, 4.69) is 0 Å². The smallest absolute Gasteiger partial charge is 0.339 e. The third-order valence-electron chi connectivity index (χ3n) is 6.77. The number of amides is 3. The van der Waals surface area contributed by atoms with Crippen LogP contribution in [-0.2, 0) is 21.9 Å². The summed E-state index contributed by atoms with van der Waals surface area (Å²) in [5, 5.41) is 0. The van der Waals surface area contributed by atoms with Gasteiger partial charge in [0.15, 0.2) is 0 Å². The summed E-state index contributed by atoms with van der Waals surface area (Å²) < 4.78 is 79.2. The van der Waals surface area contributed by atoms with Gasteiger partial charge in [-0.3, -0.25) is 19.3 Å². The maximum atomic E-state index is 13.2. The molecule has 1 spiro atoms. The number of benzene rings is 2. The second-order valence-corrected chi connectivity index (χ2v) is 8.79. The lowest BCUT2D eigenvalue weighted by Crippen LogP contribution is -2.48. The molecule has 2 aromatic rings. The van der Waals surface area contributed by atoms with E-state index in [1.807, 2.05) is 0 Å². The van der Waals surface area contributed by atoms with Gasteiger partial charge in [-0.25, -0.2) is 0 Å². The highest BCUT2D eigenvalue weighted by atomic mass is 19.4. The van der Waals surface area contributed by atoms with Crippen molar-refractivity contribution in [1.82, 2.24) is 9.80 Å². The van der Waals surface area contributed by atoms with Crippen molar-refractivity contribution in [2.75, 3.05) is 20.1 Å². The molecular weight excluding hydrogens is 478 g/mol. The monoisotopic (exact) mass is 498 g/mol. The Bertz CT molecular complexity index is 1140. The molecule has 0 aromatic heterocycles. The molecule has 35 heavy (non-hydrogen) atoms. The van der Waals surface area contributed by atoms with Crippen LogP contribution in [0.1, 0.15) is 45.8 Å². The largest absolute Gasteiger partial charge is 0.416 e. The van der Waals surface area contributed by atoms with Crippen LogP contribution in [0.3, 0.4) is 0 Å². The zero-order valence-electron chi connectivity index (χ0n) is 18.4. The van der Waals surface area contributed by atoms with E-state index in [0.717, 1.165) is 9.80 Å². The lowest BCUT2D eigenvalue weighted by molar-refractivity contribution is -0.144. The Morgan fingerprint density at radius 2 is 1.40 bits per heavy atom. The van der Waals surface area contributed by atoms with E-state index in [1.165, 1.54) is 7.05 Å². The number of carbonyl (C=O) groups excluding carboxylic acids is 3. The Kier molecular flexibility index (Phi) is 5.93. The number of piperidine rings is 1. The van der Waals surface area contributed by atoms with Crippen molar-refractivity contribution in [1.29, 1.82) is 0 Å². The van der Waals surface area contributed by atoms with Crippen LogP contribution in [0.5, 0.6) is 0 Å². The van der Waals surface area contributed by atoms with Crippen molar-refractivity contribution in [3.8, 4) is 0 Å².